The molecule has 0 saturated carbocycles. The van der Waals surface area contributed by atoms with E-state index < -0.39 is 5.97 Å². The predicted molar refractivity (Wildman–Crippen MR) is 70.4 cm³/mol. The number of nitrogens with zero attached hydrogens (tertiary/aromatic N) is 1. The van der Waals surface area contributed by atoms with E-state index in [0.717, 1.165) is 22.8 Å². The lowest BCUT2D eigenvalue weighted by atomic mass is 10.3. The molecule has 0 aliphatic rings. The smallest absolute Gasteiger partial charge is 0.350 e. The van der Waals surface area contributed by atoms with Crippen molar-refractivity contribution in [2.24, 2.45) is 0 Å². The van der Waals surface area contributed by atoms with Gasteiger partial charge in [0.05, 0.1) is 17.0 Å². The van der Waals surface area contributed by atoms with Crippen molar-refractivity contribution in [1.29, 1.82) is 5.26 Å². The standard InChI is InChI=1S/C11H14N2O2S2/c1-3-4-5-16-11-7(6-12)8(13)9(17-11)10(14)15-2/h3-5,13H2,1-2H3. The van der Waals surface area contributed by atoms with Crippen molar-refractivity contribution in [1.82, 2.24) is 0 Å². The highest BCUT2D eigenvalue weighted by Gasteiger charge is 2.21. The van der Waals surface area contributed by atoms with Crippen molar-refractivity contribution in [3.8, 4) is 6.07 Å². The van der Waals surface area contributed by atoms with E-state index in [9.17, 15) is 4.79 Å². The zero-order chi connectivity index (χ0) is 12.8. The van der Waals surface area contributed by atoms with Gasteiger partial charge in [-0.3, -0.25) is 0 Å². The van der Waals surface area contributed by atoms with Gasteiger partial charge < -0.3 is 10.5 Å². The first-order valence-corrected chi connectivity index (χ1v) is 6.99. The lowest BCUT2D eigenvalue weighted by Gasteiger charge is -1.96. The quantitative estimate of drug-likeness (QED) is 0.506. The average Bonchev–Trinajstić information content (AvgIpc) is 2.65. The highest BCUT2D eigenvalue weighted by atomic mass is 32.2. The van der Waals surface area contributed by atoms with E-state index in [1.165, 1.54) is 18.4 Å². The molecule has 0 amide bonds. The molecule has 0 aliphatic carbocycles. The third-order valence-electron chi connectivity index (χ3n) is 2.13. The number of anilines is 1. The van der Waals surface area contributed by atoms with Crippen LogP contribution in [0.1, 0.15) is 35.0 Å². The maximum atomic E-state index is 11.4. The van der Waals surface area contributed by atoms with E-state index in [-0.39, 0.29) is 5.69 Å². The molecule has 4 nitrogen and oxygen atoms in total. The lowest BCUT2D eigenvalue weighted by molar-refractivity contribution is 0.0607. The first-order chi connectivity index (χ1) is 8.15. The number of thiophene rings is 1. The molecule has 6 heteroatoms. The van der Waals surface area contributed by atoms with Gasteiger partial charge in [-0.05, 0) is 12.2 Å². The molecule has 1 rings (SSSR count). The fraction of sp³-hybridized carbons (Fsp3) is 0.455. The third kappa shape index (κ3) is 3.14. The fourth-order valence-electron chi connectivity index (χ4n) is 1.18. The zero-order valence-corrected chi connectivity index (χ0v) is 11.4. The second-order valence-electron chi connectivity index (χ2n) is 3.31. The molecule has 17 heavy (non-hydrogen) atoms. The Labute approximate surface area is 109 Å². The minimum absolute atomic E-state index is 0.239. The topological polar surface area (TPSA) is 76.1 Å². The van der Waals surface area contributed by atoms with Gasteiger partial charge in [-0.1, -0.05) is 13.3 Å². The van der Waals surface area contributed by atoms with Crippen molar-refractivity contribution in [2.75, 3.05) is 18.6 Å². The third-order valence-corrected chi connectivity index (χ3v) is 4.67. The number of carbonyl (C=O) groups is 1. The van der Waals surface area contributed by atoms with Crippen LogP contribution >= 0.6 is 23.1 Å². The van der Waals surface area contributed by atoms with E-state index in [1.54, 1.807) is 11.8 Å². The molecular formula is C11H14N2O2S2. The molecule has 0 fully saturated rings. The number of nitriles is 1. The molecule has 1 heterocycles. The first-order valence-electron chi connectivity index (χ1n) is 5.19. The maximum absolute atomic E-state index is 11.4. The number of rotatable bonds is 5. The SMILES string of the molecule is CCCCSc1sc(C(=O)OC)c(N)c1C#N. The number of ether oxygens (including phenoxy) is 1. The lowest BCUT2D eigenvalue weighted by Crippen LogP contribution is -2.02. The number of hydrogen-bond donors (Lipinski definition) is 1. The van der Waals surface area contributed by atoms with Crippen LogP contribution in [-0.2, 0) is 4.74 Å². The van der Waals surface area contributed by atoms with E-state index >= 15 is 0 Å². The molecule has 0 aromatic carbocycles. The number of esters is 1. The molecule has 0 radical (unpaired) electrons. The Kier molecular flexibility index (Phi) is 5.32. The van der Waals surface area contributed by atoms with Gasteiger partial charge in [0, 0.05) is 0 Å². The summed E-state index contributed by atoms with van der Waals surface area (Å²) in [5, 5.41) is 9.03. The van der Waals surface area contributed by atoms with Gasteiger partial charge in [0.15, 0.2) is 0 Å². The molecular weight excluding hydrogens is 256 g/mol. The predicted octanol–water partition coefficient (Wildman–Crippen LogP) is 2.88. The van der Waals surface area contributed by atoms with Crippen molar-refractivity contribution in [2.45, 2.75) is 24.0 Å². The van der Waals surface area contributed by atoms with E-state index in [1.807, 2.05) is 6.07 Å². The Balaban J connectivity index is 2.98. The number of methoxy groups -OCH3 is 1. The minimum atomic E-state index is -0.480. The summed E-state index contributed by atoms with van der Waals surface area (Å²) in [5.41, 5.74) is 6.41. The summed E-state index contributed by atoms with van der Waals surface area (Å²) in [6.07, 6.45) is 2.17. The number of thioether (sulfide) groups is 1. The molecule has 0 bridgehead atoms. The number of nitrogens with two attached hydrogens (primary N) is 1. The van der Waals surface area contributed by atoms with Crippen LogP contribution in [0.5, 0.6) is 0 Å². The number of nitrogen functional groups attached to an aromatic ring is 1. The fourth-order valence-corrected chi connectivity index (χ4v) is 3.66. The summed E-state index contributed by atoms with van der Waals surface area (Å²) in [6.45, 7) is 2.11. The van der Waals surface area contributed by atoms with Crippen LogP contribution in [0.25, 0.3) is 0 Å². The zero-order valence-electron chi connectivity index (χ0n) is 9.78. The largest absolute Gasteiger partial charge is 0.465 e. The number of unbranched alkanes of at least 4 members (excludes halogenated alkanes) is 1. The first kappa shape index (κ1) is 13.9. The van der Waals surface area contributed by atoms with E-state index in [0.29, 0.717) is 10.4 Å². The summed E-state index contributed by atoms with van der Waals surface area (Å²) in [7, 11) is 1.30. The van der Waals surface area contributed by atoms with Gasteiger partial charge >= 0.3 is 5.97 Å². The molecule has 0 atom stereocenters. The van der Waals surface area contributed by atoms with Crippen LogP contribution in [0.15, 0.2) is 4.21 Å². The molecule has 1 aromatic rings. The second kappa shape index (κ2) is 6.52. The molecule has 2 N–H and O–H groups in total. The number of hydrogen-bond acceptors (Lipinski definition) is 6. The van der Waals surface area contributed by atoms with Crippen molar-refractivity contribution < 1.29 is 9.53 Å². The Morgan fingerprint density at radius 2 is 2.35 bits per heavy atom. The van der Waals surface area contributed by atoms with Crippen LogP contribution in [0, 0.1) is 11.3 Å². The summed E-state index contributed by atoms with van der Waals surface area (Å²) in [6, 6.07) is 2.05. The van der Waals surface area contributed by atoms with Crippen molar-refractivity contribution >= 4 is 34.8 Å². The van der Waals surface area contributed by atoms with Gasteiger partial charge in [-0.2, -0.15) is 5.26 Å². The van der Waals surface area contributed by atoms with Crippen LogP contribution in [0.4, 0.5) is 5.69 Å². The van der Waals surface area contributed by atoms with Gasteiger partial charge in [0.2, 0.25) is 0 Å². The minimum Gasteiger partial charge on any atom is -0.465 e. The van der Waals surface area contributed by atoms with Gasteiger partial charge in [-0.25, -0.2) is 4.79 Å². The summed E-state index contributed by atoms with van der Waals surface area (Å²) in [4.78, 5) is 11.8. The Morgan fingerprint density at radius 3 is 2.88 bits per heavy atom. The van der Waals surface area contributed by atoms with E-state index in [2.05, 4.69) is 11.7 Å². The van der Waals surface area contributed by atoms with Gasteiger partial charge in [-0.15, -0.1) is 23.1 Å². The molecule has 0 saturated heterocycles. The molecule has 92 valence electrons. The maximum Gasteiger partial charge on any atom is 0.350 e. The molecule has 0 unspecified atom stereocenters. The Hall–Kier alpha value is -1.19. The van der Waals surface area contributed by atoms with E-state index in [4.69, 9.17) is 11.0 Å². The highest BCUT2D eigenvalue weighted by molar-refractivity contribution is 8.01. The summed E-state index contributed by atoms with van der Waals surface area (Å²) >= 11 is 2.80. The van der Waals surface area contributed by atoms with Gasteiger partial charge in [0.1, 0.15) is 16.5 Å². The van der Waals surface area contributed by atoms with Crippen LogP contribution in [-0.4, -0.2) is 18.8 Å². The van der Waals surface area contributed by atoms with Crippen LogP contribution < -0.4 is 5.73 Å². The Bertz CT molecular complexity index is 449. The van der Waals surface area contributed by atoms with Gasteiger partial charge in [0.25, 0.3) is 0 Å². The summed E-state index contributed by atoms with van der Waals surface area (Å²) < 4.78 is 5.43. The molecule has 1 aromatic heterocycles. The van der Waals surface area contributed by atoms with Crippen LogP contribution in [0.2, 0.25) is 0 Å². The van der Waals surface area contributed by atoms with Crippen molar-refractivity contribution in [3.05, 3.63) is 10.4 Å². The molecule has 0 spiro atoms. The summed E-state index contributed by atoms with van der Waals surface area (Å²) in [5.74, 6) is 0.442. The van der Waals surface area contributed by atoms with Crippen LogP contribution in [0.3, 0.4) is 0 Å². The monoisotopic (exact) mass is 270 g/mol. The second-order valence-corrected chi connectivity index (χ2v) is 5.70. The number of carbonyl (C=O) groups excluding carboxylic acids is 1. The normalized spacial score (nSPS) is 9.94. The van der Waals surface area contributed by atoms with Crippen molar-refractivity contribution in [3.63, 3.8) is 0 Å². The average molecular weight is 270 g/mol. The highest BCUT2D eigenvalue weighted by Crippen LogP contribution is 2.38. The Morgan fingerprint density at radius 1 is 1.65 bits per heavy atom. The molecule has 0 aliphatic heterocycles.